The van der Waals surface area contributed by atoms with E-state index in [9.17, 15) is 4.39 Å². The lowest BCUT2D eigenvalue weighted by molar-refractivity contribution is 0.115. The average Bonchev–Trinajstić information content (AvgIpc) is 3.21. The minimum absolute atomic E-state index is 0.179. The van der Waals surface area contributed by atoms with Crippen LogP contribution in [-0.4, -0.2) is 46.2 Å². The van der Waals surface area contributed by atoms with Crippen LogP contribution in [0.25, 0.3) is 11.4 Å². The summed E-state index contributed by atoms with van der Waals surface area (Å²) in [5.74, 6) is 1.37. The molecule has 7 nitrogen and oxygen atoms in total. The molecule has 3 rings (SSSR count). The maximum absolute atomic E-state index is 13.5. The number of aromatic nitrogens is 2. The molecule has 0 radical (unpaired) electrons. The maximum Gasteiger partial charge on any atom is 0.230 e. The van der Waals surface area contributed by atoms with E-state index in [-0.39, 0.29) is 17.3 Å². The van der Waals surface area contributed by atoms with Crippen LogP contribution in [0.3, 0.4) is 0 Å². The summed E-state index contributed by atoms with van der Waals surface area (Å²) in [7, 11) is 0. The van der Waals surface area contributed by atoms with Gasteiger partial charge < -0.3 is 15.0 Å². The van der Waals surface area contributed by atoms with Crippen molar-refractivity contribution >= 4 is 5.90 Å². The maximum atomic E-state index is 13.5. The highest BCUT2D eigenvalue weighted by atomic mass is 19.1. The van der Waals surface area contributed by atoms with Gasteiger partial charge in [-0.05, 0) is 58.8 Å². The molecule has 1 aromatic carbocycles. The van der Waals surface area contributed by atoms with E-state index in [4.69, 9.17) is 15.0 Å². The van der Waals surface area contributed by atoms with Crippen LogP contribution >= 0.6 is 0 Å². The van der Waals surface area contributed by atoms with Crippen LogP contribution in [0.1, 0.15) is 45.4 Å². The summed E-state index contributed by atoms with van der Waals surface area (Å²) in [6, 6.07) is 6.20. The van der Waals surface area contributed by atoms with Crippen LogP contribution in [0.5, 0.6) is 0 Å². The number of benzene rings is 1. The number of hydrogen-bond donors (Lipinski definition) is 1. The molecular formula is C23H30FN5O2. The quantitative estimate of drug-likeness (QED) is 0.547. The van der Waals surface area contributed by atoms with Crippen molar-refractivity contribution in [3.8, 4) is 11.4 Å². The van der Waals surface area contributed by atoms with E-state index in [1.807, 2.05) is 20.8 Å². The molecule has 1 aliphatic heterocycles. The zero-order chi connectivity index (χ0) is 22.4. The van der Waals surface area contributed by atoms with Crippen LogP contribution in [0.2, 0.25) is 0 Å². The number of hydrogen-bond acceptors (Lipinski definition) is 7. The monoisotopic (exact) mass is 427 g/mol. The lowest BCUT2D eigenvalue weighted by Crippen LogP contribution is -2.36. The summed E-state index contributed by atoms with van der Waals surface area (Å²) in [5, 5.41) is 4.03. The molecule has 2 heterocycles. The van der Waals surface area contributed by atoms with E-state index in [2.05, 4.69) is 26.6 Å². The van der Waals surface area contributed by atoms with Crippen molar-refractivity contribution in [3.63, 3.8) is 0 Å². The molecule has 2 aromatic rings. The summed E-state index contributed by atoms with van der Waals surface area (Å²) < 4.78 is 24.9. The molecular weight excluding hydrogens is 397 g/mol. The molecule has 1 aromatic heterocycles. The van der Waals surface area contributed by atoms with Crippen molar-refractivity contribution in [1.29, 1.82) is 0 Å². The molecule has 0 spiro atoms. The van der Waals surface area contributed by atoms with Gasteiger partial charge in [0.1, 0.15) is 11.4 Å². The molecule has 31 heavy (non-hydrogen) atoms. The van der Waals surface area contributed by atoms with Crippen molar-refractivity contribution in [2.75, 3.05) is 19.6 Å². The average molecular weight is 428 g/mol. The van der Waals surface area contributed by atoms with Crippen molar-refractivity contribution in [2.24, 2.45) is 10.7 Å². The molecule has 1 fully saturated rings. The normalized spacial score (nSPS) is 16.7. The van der Waals surface area contributed by atoms with Gasteiger partial charge >= 0.3 is 0 Å². The van der Waals surface area contributed by atoms with E-state index < -0.39 is 0 Å². The Bertz CT molecular complexity index is 953. The highest BCUT2D eigenvalue weighted by Gasteiger charge is 2.27. The Labute approximate surface area is 182 Å². The zero-order valence-corrected chi connectivity index (χ0v) is 18.3. The van der Waals surface area contributed by atoms with Crippen LogP contribution in [0.4, 0.5) is 4.39 Å². The standard InChI is InChI=1S/C23H30FN5O2/c1-16(21(26-11-10-25)30-23(2,3)4)15-29-12-8-17(9-13-29)22-27-20(28-31-22)18-6-5-7-19(24)14-18/h5-7,10-11,14,17H,1,8-9,12-13,15,25H2,2-4H3/b11-10-,26-21?. The Morgan fingerprint density at radius 2 is 2.13 bits per heavy atom. The highest BCUT2D eigenvalue weighted by molar-refractivity contribution is 5.94. The molecule has 166 valence electrons. The van der Waals surface area contributed by atoms with Gasteiger partial charge in [-0.2, -0.15) is 4.98 Å². The van der Waals surface area contributed by atoms with Gasteiger partial charge in [-0.1, -0.05) is 23.9 Å². The Morgan fingerprint density at radius 1 is 1.39 bits per heavy atom. The fraction of sp³-hybridized carbons (Fsp3) is 0.435. The smallest absolute Gasteiger partial charge is 0.230 e. The second-order valence-electron chi connectivity index (χ2n) is 8.61. The van der Waals surface area contributed by atoms with E-state index in [0.717, 1.165) is 31.5 Å². The van der Waals surface area contributed by atoms with E-state index in [1.165, 1.54) is 24.5 Å². The zero-order valence-electron chi connectivity index (χ0n) is 18.3. The van der Waals surface area contributed by atoms with Gasteiger partial charge in [-0.15, -0.1) is 0 Å². The van der Waals surface area contributed by atoms with E-state index in [1.54, 1.807) is 12.1 Å². The number of ether oxygens (including phenoxy) is 1. The van der Waals surface area contributed by atoms with Crippen molar-refractivity contribution in [1.82, 2.24) is 15.0 Å². The predicted octanol–water partition coefficient (Wildman–Crippen LogP) is 4.25. The van der Waals surface area contributed by atoms with Gasteiger partial charge in [-0.3, -0.25) is 4.90 Å². The third kappa shape index (κ3) is 6.49. The first-order valence-corrected chi connectivity index (χ1v) is 10.4. The first-order chi connectivity index (χ1) is 14.7. The van der Waals surface area contributed by atoms with Gasteiger partial charge in [-0.25, -0.2) is 9.38 Å². The summed E-state index contributed by atoms with van der Waals surface area (Å²) in [4.78, 5) is 11.1. The van der Waals surface area contributed by atoms with Gasteiger partial charge in [0, 0.05) is 36.0 Å². The summed E-state index contributed by atoms with van der Waals surface area (Å²) in [6.07, 6.45) is 4.64. The Kier molecular flexibility index (Phi) is 7.22. The third-order valence-electron chi connectivity index (χ3n) is 4.86. The van der Waals surface area contributed by atoms with Gasteiger partial charge in [0.05, 0.1) is 0 Å². The molecule has 1 aliphatic rings. The molecule has 0 saturated carbocycles. The SMILES string of the molecule is C=C(CN1CCC(c2nc(-c3cccc(F)c3)no2)CC1)C(=N/C=C\N)OC(C)(C)C. The topological polar surface area (TPSA) is 89.8 Å². The van der Waals surface area contributed by atoms with Crippen molar-refractivity contribution in [3.05, 3.63) is 60.5 Å². The number of halogens is 1. The van der Waals surface area contributed by atoms with Crippen LogP contribution < -0.4 is 5.73 Å². The molecule has 0 bridgehead atoms. The first-order valence-electron chi connectivity index (χ1n) is 10.4. The van der Waals surface area contributed by atoms with Crippen molar-refractivity contribution < 1.29 is 13.7 Å². The lowest BCUT2D eigenvalue weighted by atomic mass is 9.96. The molecule has 0 unspecified atom stereocenters. The largest absolute Gasteiger partial charge is 0.472 e. The summed E-state index contributed by atoms with van der Waals surface area (Å²) in [6.45, 7) is 12.4. The summed E-state index contributed by atoms with van der Waals surface area (Å²) >= 11 is 0. The lowest BCUT2D eigenvalue weighted by Gasteiger charge is -2.31. The van der Waals surface area contributed by atoms with Crippen LogP contribution in [0.15, 0.2) is 58.3 Å². The van der Waals surface area contributed by atoms with Crippen LogP contribution in [0, 0.1) is 5.82 Å². The number of likely N-dealkylation sites (tertiary alicyclic amines) is 1. The van der Waals surface area contributed by atoms with Gasteiger partial charge in [0.2, 0.25) is 17.6 Å². The molecule has 1 saturated heterocycles. The third-order valence-corrected chi connectivity index (χ3v) is 4.86. The number of rotatable bonds is 6. The number of aliphatic imine (C=N–C) groups is 1. The fourth-order valence-corrected chi connectivity index (χ4v) is 3.41. The Balaban J connectivity index is 1.57. The van der Waals surface area contributed by atoms with Crippen LogP contribution in [-0.2, 0) is 4.74 Å². The minimum Gasteiger partial charge on any atom is -0.472 e. The predicted molar refractivity (Wildman–Crippen MR) is 119 cm³/mol. The van der Waals surface area contributed by atoms with E-state index in [0.29, 0.717) is 29.7 Å². The number of nitrogens with two attached hydrogens (primary N) is 1. The highest BCUT2D eigenvalue weighted by Crippen LogP contribution is 2.29. The molecule has 0 amide bonds. The second-order valence-corrected chi connectivity index (χ2v) is 8.61. The minimum atomic E-state index is -0.380. The van der Waals surface area contributed by atoms with Gasteiger partial charge in [0.25, 0.3) is 0 Å². The summed E-state index contributed by atoms with van der Waals surface area (Å²) in [5.41, 5.74) is 6.45. The molecule has 0 aliphatic carbocycles. The first kappa shape index (κ1) is 22.7. The molecule has 2 N–H and O–H groups in total. The Hall–Kier alpha value is -3.00. The number of nitrogens with zero attached hydrogens (tertiary/aromatic N) is 4. The van der Waals surface area contributed by atoms with E-state index >= 15 is 0 Å². The second kappa shape index (κ2) is 9.87. The Morgan fingerprint density at radius 3 is 2.77 bits per heavy atom. The molecule has 0 atom stereocenters. The number of piperidine rings is 1. The van der Waals surface area contributed by atoms with Crippen molar-refractivity contribution in [2.45, 2.75) is 45.1 Å². The fourth-order valence-electron chi connectivity index (χ4n) is 3.41. The molecule has 8 heteroatoms. The van der Waals surface area contributed by atoms with Gasteiger partial charge in [0.15, 0.2) is 0 Å².